The summed E-state index contributed by atoms with van der Waals surface area (Å²) in [6.07, 6.45) is 1.22. The van der Waals surface area contributed by atoms with Gasteiger partial charge in [0.2, 0.25) is 0 Å². The van der Waals surface area contributed by atoms with Gasteiger partial charge in [-0.05, 0) is 32.8 Å². The topological polar surface area (TPSA) is 51.2 Å². The SMILES string of the molecule is CC(C)(C)S(=O)(=O)CC(C=O)Cc1ccccc1. The summed E-state index contributed by atoms with van der Waals surface area (Å²) >= 11 is 0. The van der Waals surface area contributed by atoms with E-state index >= 15 is 0 Å². The number of benzene rings is 1. The van der Waals surface area contributed by atoms with E-state index in [-0.39, 0.29) is 5.75 Å². The summed E-state index contributed by atoms with van der Waals surface area (Å²) in [5.41, 5.74) is 0.985. The zero-order valence-electron chi connectivity index (χ0n) is 11.1. The van der Waals surface area contributed by atoms with Gasteiger partial charge in [0, 0.05) is 5.92 Å². The number of sulfone groups is 1. The van der Waals surface area contributed by atoms with Crippen molar-refractivity contribution in [2.24, 2.45) is 5.92 Å². The number of carbonyl (C=O) groups is 1. The summed E-state index contributed by atoms with van der Waals surface area (Å²) in [5, 5.41) is 0. The second-order valence-electron chi connectivity index (χ2n) is 5.48. The molecule has 0 aliphatic heterocycles. The van der Waals surface area contributed by atoms with E-state index in [0.29, 0.717) is 6.42 Å². The van der Waals surface area contributed by atoms with Crippen molar-refractivity contribution in [2.45, 2.75) is 31.9 Å². The lowest BCUT2D eigenvalue weighted by molar-refractivity contribution is -0.110. The quantitative estimate of drug-likeness (QED) is 0.770. The Morgan fingerprint density at radius 2 is 1.72 bits per heavy atom. The van der Waals surface area contributed by atoms with Crippen LogP contribution in [0.3, 0.4) is 0 Å². The van der Waals surface area contributed by atoms with E-state index < -0.39 is 20.5 Å². The van der Waals surface area contributed by atoms with Gasteiger partial charge < -0.3 is 4.79 Å². The fourth-order valence-electron chi connectivity index (χ4n) is 1.59. The highest BCUT2D eigenvalue weighted by atomic mass is 32.2. The third-order valence-corrected chi connectivity index (χ3v) is 5.63. The Morgan fingerprint density at radius 1 is 1.17 bits per heavy atom. The van der Waals surface area contributed by atoms with Gasteiger partial charge in [0.1, 0.15) is 6.29 Å². The third kappa shape index (κ3) is 3.95. The van der Waals surface area contributed by atoms with Crippen LogP contribution in [-0.4, -0.2) is 25.2 Å². The zero-order valence-corrected chi connectivity index (χ0v) is 11.9. The Hall–Kier alpha value is -1.16. The van der Waals surface area contributed by atoms with E-state index in [2.05, 4.69) is 0 Å². The molecule has 0 saturated carbocycles. The van der Waals surface area contributed by atoms with Crippen LogP contribution in [0.25, 0.3) is 0 Å². The monoisotopic (exact) mass is 268 g/mol. The number of hydrogen-bond donors (Lipinski definition) is 0. The average molecular weight is 268 g/mol. The van der Waals surface area contributed by atoms with Gasteiger partial charge >= 0.3 is 0 Å². The minimum Gasteiger partial charge on any atom is -0.303 e. The summed E-state index contributed by atoms with van der Waals surface area (Å²) < 4.78 is 23.3. The molecule has 100 valence electrons. The molecule has 1 rings (SSSR count). The lowest BCUT2D eigenvalue weighted by atomic mass is 10.0. The Bertz CT molecular complexity index is 484. The Morgan fingerprint density at radius 3 is 2.17 bits per heavy atom. The first-order valence-electron chi connectivity index (χ1n) is 5.98. The van der Waals surface area contributed by atoms with Crippen LogP contribution in [-0.2, 0) is 21.1 Å². The van der Waals surface area contributed by atoms with Gasteiger partial charge in [0.05, 0.1) is 10.5 Å². The van der Waals surface area contributed by atoms with E-state index in [4.69, 9.17) is 0 Å². The molecule has 0 fully saturated rings. The number of hydrogen-bond acceptors (Lipinski definition) is 3. The van der Waals surface area contributed by atoms with Crippen molar-refractivity contribution >= 4 is 16.1 Å². The maximum Gasteiger partial charge on any atom is 0.155 e. The molecule has 1 unspecified atom stereocenters. The molecule has 0 amide bonds. The first kappa shape index (κ1) is 14.9. The van der Waals surface area contributed by atoms with Crippen molar-refractivity contribution < 1.29 is 13.2 Å². The smallest absolute Gasteiger partial charge is 0.155 e. The number of carbonyl (C=O) groups excluding carboxylic acids is 1. The minimum atomic E-state index is -3.26. The molecular weight excluding hydrogens is 248 g/mol. The summed E-state index contributed by atoms with van der Waals surface area (Å²) in [6, 6.07) is 9.47. The molecule has 0 spiro atoms. The average Bonchev–Trinajstić information content (AvgIpc) is 2.27. The predicted octanol–water partition coefficient (Wildman–Crippen LogP) is 2.26. The number of rotatable bonds is 5. The standard InChI is InChI=1S/C14H20O3S/c1-14(2,3)18(16,17)11-13(10-15)9-12-7-5-4-6-8-12/h4-8,10,13H,9,11H2,1-3H3. The van der Waals surface area contributed by atoms with E-state index in [0.717, 1.165) is 11.8 Å². The molecule has 1 atom stereocenters. The predicted molar refractivity (Wildman–Crippen MR) is 73.2 cm³/mol. The van der Waals surface area contributed by atoms with Crippen LogP contribution in [0.1, 0.15) is 26.3 Å². The van der Waals surface area contributed by atoms with Crippen molar-refractivity contribution in [1.82, 2.24) is 0 Å². The van der Waals surface area contributed by atoms with Gasteiger partial charge in [-0.3, -0.25) is 0 Å². The van der Waals surface area contributed by atoms with Crippen molar-refractivity contribution in [2.75, 3.05) is 5.75 Å². The van der Waals surface area contributed by atoms with E-state index in [1.54, 1.807) is 20.8 Å². The van der Waals surface area contributed by atoms with Crippen molar-refractivity contribution in [3.05, 3.63) is 35.9 Å². The highest BCUT2D eigenvalue weighted by molar-refractivity contribution is 7.92. The van der Waals surface area contributed by atoms with Crippen LogP contribution in [0.15, 0.2) is 30.3 Å². The lowest BCUT2D eigenvalue weighted by Crippen LogP contribution is -2.34. The van der Waals surface area contributed by atoms with Gasteiger partial charge in [-0.1, -0.05) is 30.3 Å². The van der Waals surface area contributed by atoms with Crippen LogP contribution in [0.4, 0.5) is 0 Å². The number of aldehydes is 1. The summed E-state index contributed by atoms with van der Waals surface area (Å²) in [5.74, 6) is -0.564. The molecule has 0 aromatic heterocycles. The second-order valence-corrected chi connectivity index (χ2v) is 8.27. The highest BCUT2D eigenvalue weighted by Crippen LogP contribution is 2.20. The third-order valence-electron chi connectivity index (χ3n) is 2.90. The van der Waals surface area contributed by atoms with Crippen molar-refractivity contribution in [3.8, 4) is 0 Å². The summed E-state index contributed by atoms with van der Waals surface area (Å²) in [6.45, 7) is 4.98. The Kier molecular flexibility index (Phi) is 4.68. The van der Waals surface area contributed by atoms with Crippen LogP contribution < -0.4 is 0 Å². The Labute approximate surface area is 109 Å². The molecule has 0 N–H and O–H groups in total. The normalized spacial score (nSPS) is 14.2. The fourth-order valence-corrected chi connectivity index (χ4v) is 2.86. The molecule has 0 radical (unpaired) electrons. The lowest BCUT2D eigenvalue weighted by Gasteiger charge is -2.21. The highest BCUT2D eigenvalue weighted by Gasteiger charge is 2.31. The van der Waals surface area contributed by atoms with E-state index in [9.17, 15) is 13.2 Å². The van der Waals surface area contributed by atoms with Crippen LogP contribution >= 0.6 is 0 Å². The minimum absolute atomic E-state index is 0.0884. The van der Waals surface area contributed by atoms with Crippen LogP contribution in [0, 0.1) is 5.92 Å². The molecule has 1 aromatic carbocycles. The molecule has 0 aliphatic carbocycles. The van der Waals surface area contributed by atoms with E-state index in [1.165, 1.54) is 0 Å². The maximum atomic E-state index is 12.1. The molecular formula is C14H20O3S. The molecule has 3 nitrogen and oxygen atoms in total. The molecule has 0 saturated heterocycles. The zero-order chi connectivity index (χ0) is 13.8. The van der Waals surface area contributed by atoms with Gasteiger partial charge in [-0.25, -0.2) is 8.42 Å². The Balaban J connectivity index is 2.79. The molecule has 18 heavy (non-hydrogen) atoms. The van der Waals surface area contributed by atoms with Crippen molar-refractivity contribution in [3.63, 3.8) is 0 Å². The van der Waals surface area contributed by atoms with Crippen LogP contribution in [0.5, 0.6) is 0 Å². The van der Waals surface area contributed by atoms with Gasteiger partial charge in [-0.15, -0.1) is 0 Å². The molecule has 0 bridgehead atoms. The van der Waals surface area contributed by atoms with E-state index in [1.807, 2.05) is 30.3 Å². The van der Waals surface area contributed by atoms with Gasteiger partial charge in [0.25, 0.3) is 0 Å². The second kappa shape index (κ2) is 5.65. The van der Waals surface area contributed by atoms with Crippen LogP contribution in [0.2, 0.25) is 0 Å². The maximum absolute atomic E-state index is 12.1. The van der Waals surface area contributed by atoms with Crippen molar-refractivity contribution in [1.29, 1.82) is 0 Å². The fraction of sp³-hybridized carbons (Fsp3) is 0.500. The molecule has 4 heteroatoms. The molecule has 1 aromatic rings. The van der Waals surface area contributed by atoms with Gasteiger partial charge in [0.15, 0.2) is 9.84 Å². The summed E-state index contributed by atoms with van der Waals surface area (Å²) in [7, 11) is -3.26. The van der Waals surface area contributed by atoms with Gasteiger partial charge in [-0.2, -0.15) is 0 Å². The first-order valence-corrected chi connectivity index (χ1v) is 7.63. The molecule has 0 aliphatic rings. The summed E-state index contributed by atoms with van der Waals surface area (Å²) in [4.78, 5) is 11.0. The first-order chi connectivity index (χ1) is 8.26. The molecule has 0 heterocycles. The largest absolute Gasteiger partial charge is 0.303 e.